The van der Waals surface area contributed by atoms with E-state index in [2.05, 4.69) is 15.3 Å². The second kappa shape index (κ2) is 9.75. The largest absolute Gasteiger partial charge is 0.497 e. The number of nitrogens with zero attached hydrogens (tertiary/aromatic N) is 1. The second-order valence-electron chi connectivity index (χ2n) is 6.68. The average Bonchev–Trinajstić information content (AvgIpc) is 3.28. The summed E-state index contributed by atoms with van der Waals surface area (Å²) in [6.07, 6.45) is 2.62. The number of hydrogen-bond acceptors (Lipinski definition) is 5. The van der Waals surface area contributed by atoms with Gasteiger partial charge in [-0.25, -0.2) is 4.98 Å². The van der Waals surface area contributed by atoms with Crippen LogP contribution in [0.15, 0.2) is 61.1 Å². The Labute approximate surface area is 169 Å². The third-order valence-corrected chi connectivity index (χ3v) is 4.58. The van der Waals surface area contributed by atoms with Crippen molar-refractivity contribution in [2.24, 2.45) is 0 Å². The quantitative estimate of drug-likeness (QED) is 0.518. The van der Waals surface area contributed by atoms with Crippen LogP contribution in [0.5, 0.6) is 11.5 Å². The molecule has 1 amide bonds. The van der Waals surface area contributed by atoms with Crippen LogP contribution in [0.2, 0.25) is 0 Å². The van der Waals surface area contributed by atoms with Gasteiger partial charge in [0.05, 0.1) is 38.4 Å². The fraction of sp³-hybridized carbons (Fsp3) is 0.273. The van der Waals surface area contributed by atoms with Gasteiger partial charge in [-0.15, -0.1) is 0 Å². The number of amides is 1. The zero-order chi connectivity index (χ0) is 20.6. The number of aromatic amines is 1. The Balaban J connectivity index is 1.59. The zero-order valence-electron chi connectivity index (χ0n) is 16.5. The molecule has 0 unspecified atom stereocenters. The lowest BCUT2D eigenvalue weighted by molar-refractivity contribution is 0.0827. The lowest BCUT2D eigenvalue weighted by Gasteiger charge is -2.21. The Hall–Kier alpha value is -3.32. The van der Waals surface area contributed by atoms with E-state index in [1.165, 1.54) is 12.5 Å². The molecule has 3 aromatic rings. The molecule has 0 aliphatic heterocycles. The molecule has 0 radical (unpaired) electrons. The Bertz CT molecular complexity index is 925. The summed E-state index contributed by atoms with van der Waals surface area (Å²) in [6, 6.07) is 15.1. The number of aromatic nitrogens is 2. The molecule has 1 aromatic heterocycles. The molecule has 7 heteroatoms. The van der Waals surface area contributed by atoms with Crippen LogP contribution in [0, 0.1) is 0 Å². The summed E-state index contributed by atoms with van der Waals surface area (Å²) in [5, 5.41) is 12.8. The fourth-order valence-corrected chi connectivity index (χ4v) is 2.93. The molecule has 152 valence electrons. The summed E-state index contributed by atoms with van der Waals surface area (Å²) >= 11 is 0. The predicted molar refractivity (Wildman–Crippen MR) is 110 cm³/mol. The van der Waals surface area contributed by atoms with Gasteiger partial charge in [0.15, 0.2) is 0 Å². The maximum atomic E-state index is 12.2. The molecule has 0 spiro atoms. The van der Waals surface area contributed by atoms with Crippen LogP contribution in [-0.4, -0.2) is 46.8 Å². The first-order valence-corrected chi connectivity index (χ1v) is 9.41. The molecule has 0 aliphatic carbocycles. The highest BCUT2D eigenvalue weighted by Gasteiger charge is 2.19. The fourth-order valence-electron chi connectivity index (χ4n) is 2.93. The molecule has 0 bridgehead atoms. The Kier molecular flexibility index (Phi) is 6.86. The van der Waals surface area contributed by atoms with E-state index in [0.29, 0.717) is 18.7 Å². The molecule has 1 heterocycles. The number of imidazole rings is 1. The van der Waals surface area contributed by atoms with Gasteiger partial charge in [0.25, 0.3) is 5.91 Å². The number of ether oxygens (including phenoxy) is 2. The number of H-pyrrole nitrogens is 1. The molecular weight excluding hydrogens is 370 g/mol. The zero-order valence-corrected chi connectivity index (χ0v) is 16.5. The molecule has 0 saturated heterocycles. The number of methoxy groups -OCH3 is 1. The molecule has 0 fully saturated rings. The van der Waals surface area contributed by atoms with Crippen LogP contribution in [-0.2, 0) is 0 Å². The first-order valence-electron chi connectivity index (χ1n) is 9.41. The molecule has 2 atom stereocenters. The van der Waals surface area contributed by atoms with E-state index in [9.17, 15) is 9.90 Å². The third kappa shape index (κ3) is 5.58. The summed E-state index contributed by atoms with van der Waals surface area (Å²) < 4.78 is 11.1. The van der Waals surface area contributed by atoms with E-state index >= 15 is 0 Å². The van der Waals surface area contributed by atoms with Crippen molar-refractivity contribution in [2.45, 2.75) is 25.5 Å². The average molecular weight is 395 g/mol. The van der Waals surface area contributed by atoms with Crippen LogP contribution in [0.4, 0.5) is 0 Å². The lowest BCUT2D eigenvalue weighted by atomic mass is 10.1. The van der Waals surface area contributed by atoms with Gasteiger partial charge in [-0.05, 0) is 42.3 Å². The van der Waals surface area contributed by atoms with Gasteiger partial charge in [-0.2, -0.15) is 0 Å². The lowest BCUT2D eigenvalue weighted by Crippen LogP contribution is -2.43. The standard InChI is InChI=1S/C22H25N3O4/c1-15(26)20(25-22(27)21-13-23-14-24-21)9-10-29-19-8-4-6-17(12-19)16-5-3-7-18(11-16)28-2/h3-8,11-15,20,26H,9-10H2,1-2H3,(H,23,24)(H,25,27)/t15-,20+/m0/s1. The molecule has 0 aliphatic rings. The number of nitrogens with one attached hydrogen (secondary N) is 2. The van der Waals surface area contributed by atoms with Crippen LogP contribution in [0.25, 0.3) is 11.1 Å². The summed E-state index contributed by atoms with van der Waals surface area (Å²) in [5.41, 5.74) is 2.40. The van der Waals surface area contributed by atoms with Gasteiger partial charge in [0.1, 0.15) is 17.2 Å². The van der Waals surface area contributed by atoms with E-state index in [4.69, 9.17) is 9.47 Å². The van der Waals surface area contributed by atoms with E-state index < -0.39 is 12.1 Å². The van der Waals surface area contributed by atoms with Gasteiger partial charge in [-0.3, -0.25) is 4.79 Å². The summed E-state index contributed by atoms with van der Waals surface area (Å²) in [6.45, 7) is 1.99. The number of benzene rings is 2. The summed E-state index contributed by atoms with van der Waals surface area (Å²) in [5.74, 6) is 1.20. The number of carbonyl (C=O) groups excluding carboxylic acids is 1. The SMILES string of the molecule is COc1cccc(-c2cccc(OCC[C@@H](NC(=O)c3cnc[nH]3)[C@H](C)O)c2)c1. The van der Waals surface area contributed by atoms with Gasteiger partial charge in [0.2, 0.25) is 0 Å². The molecule has 0 saturated carbocycles. The summed E-state index contributed by atoms with van der Waals surface area (Å²) in [4.78, 5) is 18.7. The predicted octanol–water partition coefficient (Wildman–Crippen LogP) is 3.03. The summed E-state index contributed by atoms with van der Waals surface area (Å²) in [7, 11) is 1.64. The number of carbonyl (C=O) groups is 1. The van der Waals surface area contributed by atoms with Gasteiger partial charge in [0, 0.05) is 6.42 Å². The van der Waals surface area contributed by atoms with Crippen LogP contribution in [0.3, 0.4) is 0 Å². The number of aliphatic hydroxyl groups is 1. The first-order chi connectivity index (χ1) is 14.1. The van der Waals surface area contributed by atoms with Gasteiger partial charge < -0.3 is 24.9 Å². The maximum Gasteiger partial charge on any atom is 0.269 e. The van der Waals surface area contributed by atoms with Gasteiger partial charge in [-0.1, -0.05) is 24.3 Å². The normalized spacial score (nSPS) is 12.8. The minimum atomic E-state index is -0.714. The van der Waals surface area contributed by atoms with Crippen molar-refractivity contribution in [3.8, 4) is 22.6 Å². The maximum absolute atomic E-state index is 12.2. The molecule has 3 rings (SSSR count). The van der Waals surface area contributed by atoms with Crippen molar-refractivity contribution < 1.29 is 19.4 Å². The highest BCUT2D eigenvalue weighted by atomic mass is 16.5. The van der Waals surface area contributed by atoms with E-state index in [1.807, 2.05) is 48.5 Å². The van der Waals surface area contributed by atoms with Crippen molar-refractivity contribution >= 4 is 5.91 Å². The van der Waals surface area contributed by atoms with Crippen molar-refractivity contribution in [1.82, 2.24) is 15.3 Å². The Morgan fingerprint density at radius 1 is 1.17 bits per heavy atom. The molecule has 29 heavy (non-hydrogen) atoms. The molecule has 7 nitrogen and oxygen atoms in total. The Morgan fingerprint density at radius 2 is 1.86 bits per heavy atom. The number of hydrogen-bond donors (Lipinski definition) is 3. The second-order valence-corrected chi connectivity index (χ2v) is 6.68. The molecular formula is C22H25N3O4. The minimum absolute atomic E-state index is 0.312. The van der Waals surface area contributed by atoms with Crippen LogP contribution in [0.1, 0.15) is 23.8 Å². The smallest absolute Gasteiger partial charge is 0.269 e. The monoisotopic (exact) mass is 395 g/mol. The van der Waals surface area contributed by atoms with Crippen LogP contribution < -0.4 is 14.8 Å². The highest BCUT2D eigenvalue weighted by molar-refractivity contribution is 5.92. The number of aliphatic hydroxyl groups excluding tert-OH is 1. The van der Waals surface area contributed by atoms with Crippen molar-refractivity contribution in [3.05, 3.63) is 66.7 Å². The molecule has 2 aromatic carbocycles. The first kappa shape index (κ1) is 20.4. The van der Waals surface area contributed by atoms with Crippen molar-refractivity contribution in [3.63, 3.8) is 0 Å². The minimum Gasteiger partial charge on any atom is -0.497 e. The van der Waals surface area contributed by atoms with E-state index in [1.54, 1.807) is 14.0 Å². The Morgan fingerprint density at radius 3 is 2.48 bits per heavy atom. The third-order valence-electron chi connectivity index (χ3n) is 4.58. The van der Waals surface area contributed by atoms with Crippen LogP contribution >= 0.6 is 0 Å². The van der Waals surface area contributed by atoms with E-state index in [-0.39, 0.29) is 5.91 Å². The highest BCUT2D eigenvalue weighted by Crippen LogP contribution is 2.27. The van der Waals surface area contributed by atoms with Gasteiger partial charge >= 0.3 is 0 Å². The topological polar surface area (TPSA) is 96.5 Å². The van der Waals surface area contributed by atoms with Crippen molar-refractivity contribution in [2.75, 3.05) is 13.7 Å². The molecule has 3 N–H and O–H groups in total. The van der Waals surface area contributed by atoms with Crippen molar-refractivity contribution in [1.29, 1.82) is 0 Å². The number of rotatable bonds is 9. The van der Waals surface area contributed by atoms with E-state index in [0.717, 1.165) is 22.6 Å².